The number of amides is 2. The van der Waals surface area contributed by atoms with E-state index in [0.717, 1.165) is 22.3 Å². The van der Waals surface area contributed by atoms with Crippen LogP contribution in [0.1, 0.15) is 43.0 Å². The Kier molecular flexibility index (Phi) is 12.7. The summed E-state index contributed by atoms with van der Waals surface area (Å²) in [4.78, 5) is 28.6. The average Bonchev–Trinajstić information content (AvgIpc) is 3.94. The topological polar surface area (TPSA) is 132 Å². The first-order chi connectivity index (χ1) is 29.6. The Bertz CT molecular complexity index is 1900. The van der Waals surface area contributed by atoms with E-state index in [2.05, 4.69) is 10.6 Å². The normalized spacial score (nSPS) is 27.9. The van der Waals surface area contributed by atoms with E-state index in [1.54, 1.807) is 24.3 Å². The maximum atomic E-state index is 14.3. The van der Waals surface area contributed by atoms with Crippen LogP contribution in [-0.4, -0.2) is 86.3 Å². The molecular weight excluding hydrogens is 765 g/mol. The van der Waals surface area contributed by atoms with Crippen LogP contribution in [0.25, 0.3) is 0 Å². The monoisotopic (exact) mass is 812 g/mol. The highest BCUT2D eigenvalue weighted by Gasteiger charge is 2.54. The average molecular weight is 813 g/mol. The first kappa shape index (κ1) is 40.1. The van der Waals surface area contributed by atoms with E-state index in [4.69, 9.17) is 37.9 Å². The molecule has 60 heavy (non-hydrogen) atoms. The molecule has 0 unspecified atom stereocenters. The molecule has 4 bridgehead atoms. The number of nitrogens with one attached hydrogen (secondary N) is 2. The van der Waals surface area contributed by atoms with Crippen molar-refractivity contribution in [2.45, 2.75) is 87.7 Å². The molecule has 0 saturated carbocycles. The number of carbonyl (C=O) groups excluding carboxylic acids is 2. The van der Waals surface area contributed by atoms with Crippen molar-refractivity contribution >= 4 is 11.8 Å². The molecule has 4 aliphatic rings. The van der Waals surface area contributed by atoms with Crippen LogP contribution in [0.5, 0.6) is 0 Å². The Morgan fingerprint density at radius 1 is 0.450 bits per heavy atom. The highest BCUT2D eigenvalue weighted by atomic mass is 16.8. The summed E-state index contributed by atoms with van der Waals surface area (Å²) >= 11 is 0. The maximum Gasteiger partial charge on any atom is 0.251 e. The molecule has 4 aliphatic heterocycles. The smallest absolute Gasteiger partial charge is 0.251 e. The first-order valence-corrected chi connectivity index (χ1v) is 20.4. The Hall–Kier alpha value is -5.28. The fourth-order valence-corrected chi connectivity index (χ4v) is 8.20. The molecule has 4 fully saturated rings. The zero-order valence-corrected chi connectivity index (χ0v) is 33.0. The molecule has 5 aromatic carbocycles. The highest BCUT2D eigenvalue weighted by molar-refractivity contribution is 6.00. The molecule has 2 N–H and O–H groups in total. The van der Waals surface area contributed by atoms with E-state index >= 15 is 0 Å². The van der Waals surface area contributed by atoms with Crippen LogP contribution in [0.15, 0.2) is 146 Å². The van der Waals surface area contributed by atoms with Gasteiger partial charge in [0.2, 0.25) is 0 Å². The van der Waals surface area contributed by atoms with Crippen molar-refractivity contribution in [1.82, 2.24) is 10.6 Å². The Morgan fingerprint density at radius 3 is 1.13 bits per heavy atom. The predicted octanol–water partition coefficient (Wildman–Crippen LogP) is 5.74. The Morgan fingerprint density at radius 2 is 0.783 bits per heavy atom. The van der Waals surface area contributed by atoms with Crippen LogP contribution in [-0.2, 0) is 64.3 Å². The van der Waals surface area contributed by atoms with Crippen molar-refractivity contribution in [2.75, 3.05) is 13.2 Å². The Balaban J connectivity index is 0.942. The fraction of sp³-hybridized carbons (Fsp3) is 0.333. The third-order valence-electron chi connectivity index (χ3n) is 11.3. The number of rotatable bonds is 16. The minimum Gasteiger partial charge on any atom is -0.368 e. The second kappa shape index (κ2) is 19.0. The molecule has 2 amide bonds. The zero-order valence-electron chi connectivity index (χ0n) is 33.0. The quantitative estimate of drug-likeness (QED) is 0.127. The fourth-order valence-electron chi connectivity index (χ4n) is 8.20. The first-order valence-electron chi connectivity index (χ1n) is 20.4. The van der Waals surface area contributed by atoms with Crippen molar-refractivity contribution in [1.29, 1.82) is 0 Å². The summed E-state index contributed by atoms with van der Waals surface area (Å²) in [5.41, 5.74) is 4.47. The van der Waals surface area contributed by atoms with Gasteiger partial charge in [-0.3, -0.25) is 9.59 Å². The van der Waals surface area contributed by atoms with E-state index in [1.165, 1.54) is 0 Å². The summed E-state index contributed by atoms with van der Waals surface area (Å²) in [5.74, 6) is -0.800. The summed E-state index contributed by atoms with van der Waals surface area (Å²) in [5, 5.41) is 6.40. The lowest BCUT2D eigenvalue weighted by Crippen LogP contribution is -2.63. The summed E-state index contributed by atoms with van der Waals surface area (Å²) in [6.45, 7) is 1.74. The van der Waals surface area contributed by atoms with Gasteiger partial charge in [-0.2, -0.15) is 0 Å². The summed E-state index contributed by atoms with van der Waals surface area (Å²) in [6.07, 6.45) is -4.81. The van der Waals surface area contributed by atoms with E-state index in [9.17, 15) is 9.59 Å². The van der Waals surface area contributed by atoms with Crippen LogP contribution in [0, 0.1) is 0 Å². The molecule has 4 saturated heterocycles. The van der Waals surface area contributed by atoms with E-state index < -0.39 is 73.1 Å². The summed E-state index contributed by atoms with van der Waals surface area (Å²) in [7, 11) is 0. The van der Waals surface area contributed by atoms with E-state index in [0.29, 0.717) is 26.4 Å². The van der Waals surface area contributed by atoms with Gasteiger partial charge in [0.05, 0.1) is 51.7 Å². The van der Waals surface area contributed by atoms with Crippen molar-refractivity contribution in [3.05, 3.63) is 179 Å². The van der Waals surface area contributed by atoms with Gasteiger partial charge >= 0.3 is 0 Å². The third-order valence-corrected chi connectivity index (χ3v) is 11.3. The molecule has 0 aromatic heterocycles. The summed E-state index contributed by atoms with van der Waals surface area (Å²) < 4.78 is 50.5. The van der Waals surface area contributed by atoms with E-state index in [-0.39, 0.29) is 24.3 Å². The van der Waals surface area contributed by atoms with Crippen molar-refractivity contribution in [3.63, 3.8) is 0 Å². The summed E-state index contributed by atoms with van der Waals surface area (Å²) in [6, 6.07) is 44.6. The van der Waals surface area contributed by atoms with Crippen molar-refractivity contribution in [3.8, 4) is 0 Å². The van der Waals surface area contributed by atoms with Gasteiger partial charge in [-0.1, -0.05) is 127 Å². The number of hydrogen-bond acceptors (Lipinski definition) is 10. The van der Waals surface area contributed by atoms with Crippen LogP contribution < -0.4 is 10.6 Å². The highest BCUT2D eigenvalue weighted by Crippen LogP contribution is 2.35. The Labute approximate surface area is 349 Å². The molecule has 0 spiro atoms. The molecule has 12 heteroatoms. The number of benzene rings is 5. The molecule has 310 valence electrons. The molecule has 9 rings (SSSR count). The van der Waals surface area contributed by atoms with Crippen LogP contribution in [0.2, 0.25) is 0 Å². The van der Waals surface area contributed by atoms with Crippen LogP contribution in [0.4, 0.5) is 0 Å². The second-order valence-corrected chi connectivity index (χ2v) is 15.4. The van der Waals surface area contributed by atoms with Gasteiger partial charge in [0.1, 0.15) is 36.6 Å². The molecule has 12 nitrogen and oxygen atoms in total. The van der Waals surface area contributed by atoms with Gasteiger partial charge < -0.3 is 48.5 Å². The third kappa shape index (κ3) is 9.36. The van der Waals surface area contributed by atoms with E-state index in [1.807, 2.05) is 121 Å². The lowest BCUT2D eigenvalue weighted by Gasteiger charge is -2.41. The number of ether oxygens (including phenoxy) is 8. The minimum absolute atomic E-state index is 0.276. The van der Waals surface area contributed by atoms with Gasteiger partial charge in [-0.15, -0.1) is 0 Å². The molecule has 0 radical (unpaired) electrons. The van der Waals surface area contributed by atoms with Gasteiger partial charge in [0.15, 0.2) is 12.6 Å². The molecule has 4 heterocycles. The molecular formula is C48H48N2O10. The molecule has 5 aromatic rings. The molecule has 10 atom stereocenters. The number of fused-ring (bicyclic) bond motifs is 4. The van der Waals surface area contributed by atoms with Gasteiger partial charge in [0, 0.05) is 11.1 Å². The lowest BCUT2D eigenvalue weighted by atomic mass is 9.96. The number of hydrogen-bond donors (Lipinski definition) is 2. The van der Waals surface area contributed by atoms with Crippen LogP contribution in [0.3, 0.4) is 0 Å². The minimum atomic E-state index is -0.703. The van der Waals surface area contributed by atoms with Crippen molar-refractivity contribution in [2.24, 2.45) is 0 Å². The largest absolute Gasteiger partial charge is 0.368 e. The van der Waals surface area contributed by atoms with Crippen molar-refractivity contribution < 1.29 is 47.5 Å². The zero-order chi connectivity index (χ0) is 40.7. The molecule has 0 aliphatic carbocycles. The lowest BCUT2D eigenvalue weighted by molar-refractivity contribution is -0.223. The van der Waals surface area contributed by atoms with Gasteiger partial charge in [0.25, 0.3) is 11.8 Å². The number of carbonyl (C=O) groups is 2. The standard InChI is InChI=1S/C48H48N2O10/c51-45(49-39-41(53-25-31-14-5-1-6-15-31)37-29-57-47(59-37)43(39)55-27-33-18-9-3-10-19-33)35-22-13-23-36(24-35)46(52)50-40-42(54-26-32-16-7-2-8-17-32)38-30-58-48(60-38)44(40)56-28-34-20-11-4-12-21-34/h1-24,37-44,47-48H,25-30H2,(H,49,51)(H,50,52)/t37-,38-,39+,40+,41-,42-,43-,44-,47-,48-/m1/s1. The predicted molar refractivity (Wildman–Crippen MR) is 218 cm³/mol. The van der Waals surface area contributed by atoms with Gasteiger partial charge in [-0.05, 0) is 40.5 Å². The maximum absolute atomic E-state index is 14.3. The van der Waals surface area contributed by atoms with Crippen LogP contribution >= 0.6 is 0 Å². The van der Waals surface area contributed by atoms with Gasteiger partial charge in [-0.25, -0.2) is 0 Å². The SMILES string of the molecule is O=C(N[C@@H]1[C@@H](OCc2ccccc2)[C@@H]2OC[C@@H](O2)[C@H]1OCc1ccccc1)c1cccc(C(=O)N[C@@H]2[C@@H](OCc3ccccc3)[C@@H]3OC[C@@H](O3)[C@H]2OCc2ccccc2)c1. The second-order valence-electron chi connectivity index (χ2n) is 15.4.